The van der Waals surface area contributed by atoms with Crippen LogP contribution < -0.4 is 15.4 Å². The van der Waals surface area contributed by atoms with Gasteiger partial charge in [-0.25, -0.2) is 14.4 Å². The zero-order valence-corrected chi connectivity index (χ0v) is 15.7. The molecular weight excluding hydrogens is 359 g/mol. The number of nitrogens with zero attached hydrogens (tertiary/aromatic N) is 2. The van der Waals surface area contributed by atoms with Crippen LogP contribution in [-0.4, -0.2) is 29.5 Å². The summed E-state index contributed by atoms with van der Waals surface area (Å²) in [7, 11) is 1.64. The molecule has 0 aliphatic carbocycles. The lowest BCUT2D eigenvalue weighted by atomic mass is 10.1. The van der Waals surface area contributed by atoms with E-state index >= 15 is 0 Å². The molecule has 0 fully saturated rings. The van der Waals surface area contributed by atoms with Crippen LogP contribution in [0, 0.1) is 12.7 Å². The maximum atomic E-state index is 13.3. The summed E-state index contributed by atoms with van der Waals surface area (Å²) in [5.41, 5.74) is 2.29. The summed E-state index contributed by atoms with van der Waals surface area (Å²) >= 11 is 0. The van der Waals surface area contributed by atoms with E-state index in [0.717, 1.165) is 11.3 Å². The third-order valence-corrected chi connectivity index (χ3v) is 4.04. The fraction of sp³-hybridized carbons (Fsp3) is 0.190. The SMILES string of the molecule is COc1ccccc1CCNc1nc(C)cc(C(=O)Nc2cccc(F)c2)n1. The van der Waals surface area contributed by atoms with Gasteiger partial charge in [0.25, 0.3) is 5.91 Å². The smallest absolute Gasteiger partial charge is 0.274 e. The van der Waals surface area contributed by atoms with Crippen molar-refractivity contribution in [2.24, 2.45) is 0 Å². The van der Waals surface area contributed by atoms with Crippen LogP contribution in [0.4, 0.5) is 16.0 Å². The maximum absolute atomic E-state index is 13.3. The van der Waals surface area contributed by atoms with Gasteiger partial charge in [-0.05, 0) is 49.2 Å². The number of ether oxygens (including phenoxy) is 1. The molecule has 1 amide bonds. The van der Waals surface area contributed by atoms with Gasteiger partial charge < -0.3 is 15.4 Å². The number of methoxy groups -OCH3 is 1. The minimum atomic E-state index is -0.427. The van der Waals surface area contributed by atoms with Crippen LogP contribution >= 0.6 is 0 Å². The van der Waals surface area contributed by atoms with Crippen LogP contribution in [0.15, 0.2) is 54.6 Å². The number of rotatable bonds is 7. The number of amides is 1. The molecule has 28 heavy (non-hydrogen) atoms. The third kappa shape index (κ3) is 5.03. The Bertz CT molecular complexity index is 978. The van der Waals surface area contributed by atoms with E-state index in [1.54, 1.807) is 26.2 Å². The van der Waals surface area contributed by atoms with E-state index < -0.39 is 11.7 Å². The molecule has 1 heterocycles. The standard InChI is InChI=1S/C21H21FN4O2/c1-14-12-18(20(27)25-17-8-5-7-16(22)13-17)26-21(24-14)23-11-10-15-6-3-4-9-19(15)28-2/h3-9,12-13H,10-11H2,1-2H3,(H,25,27)(H,23,24,26). The number of benzene rings is 2. The van der Waals surface area contributed by atoms with E-state index in [2.05, 4.69) is 20.6 Å². The highest BCUT2D eigenvalue weighted by atomic mass is 19.1. The number of anilines is 2. The summed E-state index contributed by atoms with van der Waals surface area (Å²) in [4.78, 5) is 21.0. The zero-order chi connectivity index (χ0) is 19.9. The number of para-hydroxylation sites is 1. The average Bonchev–Trinajstić information content (AvgIpc) is 2.68. The number of carbonyl (C=O) groups excluding carboxylic acids is 1. The monoisotopic (exact) mass is 380 g/mol. The highest BCUT2D eigenvalue weighted by Gasteiger charge is 2.11. The molecule has 2 N–H and O–H groups in total. The Labute approximate surface area is 162 Å². The molecule has 0 aliphatic rings. The molecule has 0 saturated carbocycles. The topological polar surface area (TPSA) is 76.1 Å². The van der Waals surface area contributed by atoms with E-state index in [-0.39, 0.29) is 5.69 Å². The predicted octanol–water partition coefficient (Wildman–Crippen LogP) is 3.84. The van der Waals surface area contributed by atoms with Crippen molar-refractivity contribution in [3.8, 4) is 5.75 Å². The highest BCUT2D eigenvalue weighted by Crippen LogP contribution is 2.18. The Balaban J connectivity index is 1.66. The number of aromatic nitrogens is 2. The van der Waals surface area contributed by atoms with Gasteiger partial charge >= 0.3 is 0 Å². The van der Waals surface area contributed by atoms with Crippen molar-refractivity contribution in [3.63, 3.8) is 0 Å². The fourth-order valence-electron chi connectivity index (χ4n) is 2.74. The zero-order valence-electron chi connectivity index (χ0n) is 15.7. The molecule has 144 valence electrons. The summed E-state index contributed by atoms with van der Waals surface area (Å²) in [5.74, 6) is 0.336. The molecule has 0 bridgehead atoms. The van der Waals surface area contributed by atoms with Crippen LogP contribution in [0.5, 0.6) is 5.75 Å². The van der Waals surface area contributed by atoms with Gasteiger partial charge in [0, 0.05) is 17.9 Å². The second-order valence-corrected chi connectivity index (χ2v) is 6.17. The fourth-order valence-corrected chi connectivity index (χ4v) is 2.74. The maximum Gasteiger partial charge on any atom is 0.274 e. The number of hydrogen-bond acceptors (Lipinski definition) is 5. The van der Waals surface area contributed by atoms with Gasteiger partial charge in [-0.3, -0.25) is 4.79 Å². The summed E-state index contributed by atoms with van der Waals surface area (Å²) in [6, 6.07) is 15.1. The Morgan fingerprint density at radius 2 is 1.93 bits per heavy atom. The van der Waals surface area contributed by atoms with E-state index in [1.165, 1.54) is 18.2 Å². The quantitative estimate of drug-likeness (QED) is 0.651. The second kappa shape index (κ2) is 8.94. The largest absolute Gasteiger partial charge is 0.496 e. The van der Waals surface area contributed by atoms with Gasteiger partial charge in [0.2, 0.25) is 5.95 Å². The Kier molecular flexibility index (Phi) is 6.16. The molecule has 3 rings (SSSR count). The first-order valence-corrected chi connectivity index (χ1v) is 8.83. The van der Waals surface area contributed by atoms with Gasteiger partial charge in [0.15, 0.2) is 0 Å². The average molecular weight is 380 g/mol. The normalized spacial score (nSPS) is 10.4. The number of carbonyl (C=O) groups is 1. The van der Waals surface area contributed by atoms with Crippen LogP contribution in [0.1, 0.15) is 21.7 Å². The Hall–Kier alpha value is -3.48. The second-order valence-electron chi connectivity index (χ2n) is 6.17. The van der Waals surface area contributed by atoms with Gasteiger partial charge in [-0.1, -0.05) is 24.3 Å². The number of halogens is 1. The predicted molar refractivity (Wildman–Crippen MR) is 106 cm³/mol. The van der Waals surface area contributed by atoms with Crippen molar-refractivity contribution in [2.75, 3.05) is 24.3 Å². The lowest BCUT2D eigenvalue weighted by Crippen LogP contribution is -2.17. The van der Waals surface area contributed by atoms with Crippen LogP contribution in [-0.2, 0) is 6.42 Å². The molecule has 0 unspecified atom stereocenters. The summed E-state index contributed by atoms with van der Waals surface area (Å²) in [6.45, 7) is 2.36. The molecule has 0 atom stereocenters. The van der Waals surface area contributed by atoms with Crippen molar-refractivity contribution in [3.05, 3.63) is 77.4 Å². The molecular formula is C21H21FN4O2. The van der Waals surface area contributed by atoms with Crippen molar-refractivity contribution in [1.29, 1.82) is 0 Å². The minimum absolute atomic E-state index is 0.205. The van der Waals surface area contributed by atoms with E-state index in [1.807, 2.05) is 24.3 Å². The molecule has 0 aliphatic heterocycles. The first-order chi connectivity index (χ1) is 13.5. The molecule has 0 saturated heterocycles. The number of nitrogens with one attached hydrogen (secondary N) is 2. The van der Waals surface area contributed by atoms with Crippen LogP contribution in [0.25, 0.3) is 0 Å². The van der Waals surface area contributed by atoms with E-state index in [4.69, 9.17) is 4.74 Å². The number of aryl methyl sites for hydroxylation is 1. The van der Waals surface area contributed by atoms with E-state index in [9.17, 15) is 9.18 Å². The van der Waals surface area contributed by atoms with Crippen molar-refractivity contribution in [2.45, 2.75) is 13.3 Å². The first kappa shape index (κ1) is 19.3. The lowest BCUT2D eigenvalue weighted by Gasteiger charge is -2.10. The minimum Gasteiger partial charge on any atom is -0.496 e. The third-order valence-electron chi connectivity index (χ3n) is 4.04. The van der Waals surface area contributed by atoms with Crippen molar-refractivity contribution < 1.29 is 13.9 Å². The van der Waals surface area contributed by atoms with Crippen LogP contribution in [0.3, 0.4) is 0 Å². The number of hydrogen-bond donors (Lipinski definition) is 2. The molecule has 3 aromatic rings. The summed E-state index contributed by atoms with van der Waals surface area (Å²) in [6.07, 6.45) is 0.714. The van der Waals surface area contributed by atoms with Gasteiger partial charge in [0.05, 0.1) is 7.11 Å². The van der Waals surface area contributed by atoms with Crippen LogP contribution in [0.2, 0.25) is 0 Å². The first-order valence-electron chi connectivity index (χ1n) is 8.83. The van der Waals surface area contributed by atoms with Crippen molar-refractivity contribution in [1.82, 2.24) is 9.97 Å². The Morgan fingerprint density at radius 1 is 1.11 bits per heavy atom. The van der Waals surface area contributed by atoms with Gasteiger partial charge in [-0.15, -0.1) is 0 Å². The molecule has 7 heteroatoms. The van der Waals surface area contributed by atoms with Crippen molar-refractivity contribution >= 4 is 17.5 Å². The van der Waals surface area contributed by atoms with Gasteiger partial charge in [0.1, 0.15) is 17.3 Å². The lowest BCUT2D eigenvalue weighted by molar-refractivity contribution is 0.102. The molecule has 0 spiro atoms. The molecule has 2 aromatic carbocycles. The Morgan fingerprint density at radius 3 is 2.71 bits per heavy atom. The molecule has 6 nitrogen and oxygen atoms in total. The molecule has 1 aromatic heterocycles. The van der Waals surface area contributed by atoms with E-state index in [0.29, 0.717) is 30.3 Å². The highest BCUT2D eigenvalue weighted by molar-refractivity contribution is 6.03. The summed E-state index contributed by atoms with van der Waals surface area (Å²) in [5, 5.41) is 5.77. The van der Waals surface area contributed by atoms with Gasteiger partial charge in [-0.2, -0.15) is 0 Å². The molecule has 0 radical (unpaired) electrons. The summed E-state index contributed by atoms with van der Waals surface area (Å²) < 4.78 is 18.6.